The molecule has 0 saturated heterocycles. The van der Waals surface area contributed by atoms with Crippen molar-refractivity contribution in [3.63, 3.8) is 0 Å². The molecule has 0 aliphatic heterocycles. The lowest BCUT2D eigenvalue weighted by Crippen LogP contribution is -2.30. The van der Waals surface area contributed by atoms with Gasteiger partial charge >= 0.3 is 0 Å². The van der Waals surface area contributed by atoms with Gasteiger partial charge in [-0.15, -0.1) is 0 Å². The monoisotopic (exact) mass is 275 g/mol. The van der Waals surface area contributed by atoms with Crippen molar-refractivity contribution in [1.82, 2.24) is 0 Å². The largest absolute Gasteiger partial charge is 0.493 e. The van der Waals surface area contributed by atoms with Crippen LogP contribution in [0.5, 0.6) is 5.75 Å². The maximum Gasteiger partial charge on any atom is 0.209 e. The molecule has 1 unspecified atom stereocenters. The number of rotatable bonds is 6. The molecule has 0 heterocycles. The van der Waals surface area contributed by atoms with Crippen molar-refractivity contribution in [3.8, 4) is 5.75 Å². The Kier molecular flexibility index (Phi) is 5.10. The number of benzene rings is 1. The molecule has 18 heavy (non-hydrogen) atoms. The second-order valence-electron chi connectivity index (χ2n) is 4.60. The molecule has 1 rings (SSSR count). The van der Waals surface area contributed by atoms with Gasteiger partial charge in [-0.3, -0.25) is 0 Å². The molecular weight excluding hydrogens is 257 g/mol. The lowest BCUT2D eigenvalue weighted by molar-refractivity contribution is 0.224. The van der Waals surface area contributed by atoms with Crippen LogP contribution in [-0.2, 0) is 10.0 Å². The van der Waals surface area contributed by atoms with E-state index >= 15 is 0 Å². The Hall–Kier alpha value is -1.14. The van der Waals surface area contributed by atoms with Crippen molar-refractivity contribution in [2.24, 2.45) is 17.0 Å². The smallest absolute Gasteiger partial charge is 0.209 e. The highest BCUT2D eigenvalue weighted by Gasteiger charge is 2.20. The second kappa shape index (κ2) is 6.15. The van der Waals surface area contributed by atoms with Crippen molar-refractivity contribution in [1.29, 1.82) is 0 Å². The average Bonchev–Trinajstić information content (AvgIpc) is 2.22. The molecule has 2 N–H and O–H groups in total. The Morgan fingerprint density at radius 2 is 2.06 bits per heavy atom. The Labute approximate surface area is 107 Å². The van der Waals surface area contributed by atoms with Crippen LogP contribution in [0.3, 0.4) is 0 Å². The predicted molar refractivity (Wildman–Crippen MR) is 68.2 cm³/mol. The molecule has 1 atom stereocenters. The van der Waals surface area contributed by atoms with E-state index in [2.05, 4.69) is 0 Å². The Morgan fingerprint density at radius 1 is 1.39 bits per heavy atom. The summed E-state index contributed by atoms with van der Waals surface area (Å²) in [6.45, 7) is 3.98. The maximum atomic E-state index is 12.9. The van der Waals surface area contributed by atoms with E-state index in [0.717, 1.165) is 0 Å². The fraction of sp³-hybridized carbons (Fsp3) is 0.500. The maximum absolute atomic E-state index is 12.9. The minimum atomic E-state index is -3.53. The number of hydrogen-bond acceptors (Lipinski definition) is 3. The highest BCUT2D eigenvalue weighted by molar-refractivity contribution is 7.89. The zero-order chi connectivity index (χ0) is 13.8. The zero-order valence-corrected chi connectivity index (χ0v) is 11.3. The third-order valence-electron chi connectivity index (χ3n) is 2.65. The van der Waals surface area contributed by atoms with Gasteiger partial charge in [0.25, 0.3) is 0 Å². The first kappa shape index (κ1) is 14.9. The molecule has 1 aromatic rings. The first-order valence-corrected chi connectivity index (χ1v) is 7.38. The Bertz CT molecular complexity index is 488. The number of nitrogens with two attached hydrogens (primary N) is 1. The summed E-state index contributed by atoms with van der Waals surface area (Å²) in [5.41, 5.74) is 0. The summed E-state index contributed by atoms with van der Waals surface area (Å²) in [6, 6.07) is 5.73. The summed E-state index contributed by atoms with van der Waals surface area (Å²) in [4.78, 5) is 0. The molecule has 1 aromatic carbocycles. The molecule has 6 heteroatoms. The summed E-state index contributed by atoms with van der Waals surface area (Å²) < 4.78 is 40.5. The molecule has 0 aliphatic carbocycles. The molecule has 0 fully saturated rings. The summed E-state index contributed by atoms with van der Waals surface area (Å²) in [7, 11) is -3.53. The van der Waals surface area contributed by atoms with Gasteiger partial charge in [0, 0.05) is 12.0 Å². The van der Waals surface area contributed by atoms with Crippen LogP contribution >= 0.6 is 0 Å². The summed E-state index contributed by atoms with van der Waals surface area (Å²) in [5, 5.41) is 5.02. The fourth-order valence-corrected chi connectivity index (χ4v) is 2.57. The van der Waals surface area contributed by atoms with Crippen molar-refractivity contribution in [3.05, 3.63) is 30.1 Å². The van der Waals surface area contributed by atoms with Crippen LogP contribution in [0.1, 0.15) is 13.8 Å². The minimum Gasteiger partial charge on any atom is -0.493 e. The lowest BCUT2D eigenvalue weighted by Gasteiger charge is -2.20. The first-order valence-electron chi connectivity index (χ1n) is 5.67. The third kappa shape index (κ3) is 5.46. The third-order valence-corrected chi connectivity index (χ3v) is 3.54. The summed E-state index contributed by atoms with van der Waals surface area (Å²) in [6.07, 6.45) is 0. The molecule has 0 aromatic heterocycles. The molecule has 0 aliphatic rings. The van der Waals surface area contributed by atoms with Crippen molar-refractivity contribution >= 4 is 10.0 Å². The van der Waals surface area contributed by atoms with Crippen LogP contribution in [0.2, 0.25) is 0 Å². The summed E-state index contributed by atoms with van der Waals surface area (Å²) >= 11 is 0. The fourth-order valence-electron chi connectivity index (χ4n) is 1.49. The van der Waals surface area contributed by atoms with Crippen molar-refractivity contribution in [2.75, 3.05) is 12.4 Å². The highest BCUT2D eigenvalue weighted by Crippen LogP contribution is 2.17. The van der Waals surface area contributed by atoms with E-state index in [-0.39, 0.29) is 30.0 Å². The molecule has 102 valence electrons. The van der Waals surface area contributed by atoms with Crippen LogP contribution in [-0.4, -0.2) is 20.8 Å². The molecule has 0 spiro atoms. The lowest BCUT2D eigenvalue weighted by atomic mass is 9.99. The van der Waals surface area contributed by atoms with Gasteiger partial charge in [-0.25, -0.2) is 17.9 Å². The van der Waals surface area contributed by atoms with E-state index in [1.165, 1.54) is 18.2 Å². The molecule has 0 amide bonds. The standard InChI is InChI=1S/C12H18FNO3S/c1-9(2)10(8-18(14,15)16)7-17-12-5-3-4-11(13)6-12/h3-6,9-10H,7-8H2,1-2H3,(H2,14,15,16). The quantitative estimate of drug-likeness (QED) is 0.860. The molecule has 0 bridgehead atoms. The van der Waals surface area contributed by atoms with Gasteiger partial charge in [-0.2, -0.15) is 0 Å². The molecular formula is C12H18FNO3S. The van der Waals surface area contributed by atoms with E-state index in [1.807, 2.05) is 13.8 Å². The van der Waals surface area contributed by atoms with Gasteiger partial charge in [-0.1, -0.05) is 19.9 Å². The van der Waals surface area contributed by atoms with Gasteiger partial charge in [0.05, 0.1) is 12.4 Å². The van der Waals surface area contributed by atoms with Crippen molar-refractivity contribution < 1.29 is 17.5 Å². The minimum absolute atomic E-state index is 0.108. The number of hydrogen-bond donors (Lipinski definition) is 1. The molecule has 0 saturated carbocycles. The average molecular weight is 275 g/mol. The molecule has 4 nitrogen and oxygen atoms in total. The molecule has 0 radical (unpaired) electrons. The number of sulfonamides is 1. The van der Waals surface area contributed by atoms with E-state index in [9.17, 15) is 12.8 Å². The highest BCUT2D eigenvalue weighted by atomic mass is 32.2. The van der Waals surface area contributed by atoms with E-state index in [0.29, 0.717) is 5.75 Å². The van der Waals surface area contributed by atoms with Crippen LogP contribution in [0.15, 0.2) is 24.3 Å². The Balaban J connectivity index is 2.63. The van der Waals surface area contributed by atoms with Gasteiger partial charge in [0.2, 0.25) is 10.0 Å². The van der Waals surface area contributed by atoms with Crippen LogP contribution < -0.4 is 9.88 Å². The van der Waals surface area contributed by atoms with E-state index in [1.54, 1.807) is 6.07 Å². The summed E-state index contributed by atoms with van der Waals surface area (Å²) in [5.74, 6) is -0.254. The van der Waals surface area contributed by atoms with E-state index < -0.39 is 10.0 Å². The Morgan fingerprint density at radius 3 is 2.56 bits per heavy atom. The number of primary sulfonamides is 1. The SMILES string of the molecule is CC(C)C(COc1cccc(F)c1)CS(N)(=O)=O. The van der Waals surface area contributed by atoms with Crippen LogP contribution in [0.4, 0.5) is 4.39 Å². The zero-order valence-electron chi connectivity index (χ0n) is 10.5. The van der Waals surface area contributed by atoms with Gasteiger partial charge in [-0.05, 0) is 18.1 Å². The number of ether oxygens (including phenoxy) is 1. The van der Waals surface area contributed by atoms with Crippen molar-refractivity contribution in [2.45, 2.75) is 13.8 Å². The van der Waals surface area contributed by atoms with Gasteiger partial charge in [0.15, 0.2) is 0 Å². The van der Waals surface area contributed by atoms with E-state index in [4.69, 9.17) is 9.88 Å². The predicted octanol–water partition coefficient (Wildman–Crippen LogP) is 1.77. The van der Waals surface area contributed by atoms with Gasteiger partial charge < -0.3 is 4.74 Å². The first-order chi connectivity index (χ1) is 8.28. The van der Waals surface area contributed by atoms with Gasteiger partial charge in [0.1, 0.15) is 11.6 Å². The normalized spacial score (nSPS) is 13.6. The topological polar surface area (TPSA) is 69.4 Å². The van der Waals surface area contributed by atoms with Crippen LogP contribution in [0.25, 0.3) is 0 Å². The second-order valence-corrected chi connectivity index (χ2v) is 6.26. The number of halogens is 1. The van der Waals surface area contributed by atoms with Crippen LogP contribution in [0, 0.1) is 17.7 Å².